The smallest absolute Gasteiger partial charge is 0.421 e. The summed E-state index contributed by atoms with van der Waals surface area (Å²) in [5.74, 6) is -1.11. The highest BCUT2D eigenvalue weighted by Gasteiger charge is 2.35. The first kappa shape index (κ1) is 26.9. The number of nitrogens with one attached hydrogen (secondary N) is 3. The van der Waals surface area contributed by atoms with E-state index >= 15 is 0 Å². The number of nitrogens with zero attached hydrogens (tertiary/aromatic N) is 2. The summed E-state index contributed by atoms with van der Waals surface area (Å²) in [5.41, 5.74) is -0.368. The number of halogens is 3. The van der Waals surface area contributed by atoms with Gasteiger partial charge in [0.15, 0.2) is 0 Å². The van der Waals surface area contributed by atoms with Crippen LogP contribution in [0, 0.1) is 0 Å². The Bertz CT molecular complexity index is 1300. The Morgan fingerprint density at radius 3 is 2.47 bits per heavy atom. The number of para-hydroxylation sites is 1. The van der Waals surface area contributed by atoms with Gasteiger partial charge in [-0.05, 0) is 36.8 Å². The van der Waals surface area contributed by atoms with Crippen LogP contribution in [0.1, 0.15) is 28.4 Å². The fourth-order valence-electron chi connectivity index (χ4n) is 3.21. The van der Waals surface area contributed by atoms with Gasteiger partial charge in [0.25, 0.3) is 5.91 Å². The third kappa shape index (κ3) is 6.94. The van der Waals surface area contributed by atoms with Crippen molar-refractivity contribution in [1.82, 2.24) is 15.3 Å². The maximum atomic E-state index is 13.7. The van der Waals surface area contributed by atoms with E-state index in [1.54, 1.807) is 19.1 Å². The number of hydrogen-bond donors (Lipinski definition) is 5. The minimum Gasteiger partial charge on any atom is -0.495 e. The molecule has 0 saturated heterocycles. The van der Waals surface area contributed by atoms with E-state index in [1.807, 2.05) is 0 Å². The lowest BCUT2D eigenvalue weighted by molar-refractivity contribution is -0.137. The van der Waals surface area contributed by atoms with Crippen LogP contribution in [0.15, 0.2) is 48.7 Å². The van der Waals surface area contributed by atoms with Gasteiger partial charge in [-0.15, -0.1) is 0 Å². The maximum absolute atomic E-state index is 13.7. The van der Waals surface area contributed by atoms with Crippen LogP contribution in [-0.4, -0.2) is 39.3 Å². The average molecular weight is 525 g/mol. The number of anilines is 4. The van der Waals surface area contributed by atoms with E-state index in [0.717, 1.165) is 0 Å². The summed E-state index contributed by atoms with van der Waals surface area (Å²) < 4.78 is 57.6. The Hall–Kier alpha value is -3.67. The van der Waals surface area contributed by atoms with Crippen molar-refractivity contribution < 1.29 is 37.1 Å². The molecule has 0 aliphatic heterocycles. The molecule has 0 aliphatic carbocycles. The van der Waals surface area contributed by atoms with Crippen molar-refractivity contribution in [2.45, 2.75) is 19.3 Å². The van der Waals surface area contributed by atoms with Gasteiger partial charge in [0.05, 0.1) is 30.2 Å². The zero-order valence-corrected chi connectivity index (χ0v) is 20.0. The Kier molecular flexibility index (Phi) is 8.18. The van der Waals surface area contributed by atoms with Crippen molar-refractivity contribution in [3.05, 3.63) is 65.4 Å². The number of ether oxygens (including phenoxy) is 1. The molecule has 0 aliphatic rings. The number of rotatable bonds is 9. The number of hydrogen-bond acceptors (Lipinski definition) is 7. The molecule has 0 spiro atoms. The first-order valence-corrected chi connectivity index (χ1v) is 12.3. The Labute approximate surface area is 204 Å². The molecule has 0 bridgehead atoms. The summed E-state index contributed by atoms with van der Waals surface area (Å²) in [6.07, 6.45) is -4.70. The fourth-order valence-corrected chi connectivity index (χ4v) is 3.89. The molecule has 1 amide bonds. The van der Waals surface area contributed by atoms with Crippen LogP contribution < -0.4 is 20.7 Å². The van der Waals surface area contributed by atoms with E-state index in [0.29, 0.717) is 18.3 Å². The van der Waals surface area contributed by atoms with Crippen LogP contribution in [0.5, 0.6) is 5.75 Å². The summed E-state index contributed by atoms with van der Waals surface area (Å²) >= 11 is 0. The molecule has 10 nitrogen and oxygen atoms in total. The highest BCUT2D eigenvalue weighted by molar-refractivity contribution is 7.50. The third-order valence-corrected chi connectivity index (χ3v) is 5.53. The maximum Gasteiger partial charge on any atom is 0.421 e. The van der Waals surface area contributed by atoms with Crippen LogP contribution in [0.25, 0.3) is 0 Å². The number of carbonyl (C=O) groups excluding carboxylic acids is 1. The molecule has 0 saturated carbocycles. The normalized spacial score (nSPS) is 11.6. The van der Waals surface area contributed by atoms with E-state index in [1.165, 1.54) is 37.4 Å². The Morgan fingerprint density at radius 2 is 1.83 bits per heavy atom. The number of alkyl halides is 3. The van der Waals surface area contributed by atoms with Crippen LogP contribution >= 0.6 is 7.60 Å². The average Bonchev–Trinajstić information content (AvgIpc) is 2.79. The standard InChI is InChI=1S/C22H23F3N5O5P/c1-3-26-20(31)14-6-4-5-7-16(14)28-19-15(22(23,24)25)11-27-21(30-19)29-17-9-8-13(10-18(17)35-2)12-36(32,33)34/h4-11H,3,12H2,1-2H3,(H,26,31)(H2,32,33,34)(H2,27,28,29,30). The first-order chi connectivity index (χ1) is 16.9. The number of benzene rings is 2. The van der Waals surface area contributed by atoms with Crippen molar-refractivity contribution in [3.63, 3.8) is 0 Å². The molecule has 5 N–H and O–H groups in total. The highest BCUT2D eigenvalue weighted by atomic mass is 31.2. The molecule has 0 fully saturated rings. The van der Waals surface area contributed by atoms with Crippen LogP contribution in [-0.2, 0) is 16.9 Å². The van der Waals surface area contributed by atoms with Gasteiger partial charge in [-0.25, -0.2) is 4.98 Å². The number of aromatic nitrogens is 2. The van der Waals surface area contributed by atoms with Crippen molar-refractivity contribution in [2.24, 2.45) is 0 Å². The largest absolute Gasteiger partial charge is 0.495 e. The minimum atomic E-state index is -4.79. The summed E-state index contributed by atoms with van der Waals surface area (Å²) in [7, 11) is -3.00. The van der Waals surface area contributed by atoms with Gasteiger partial charge in [0.2, 0.25) is 5.95 Å². The number of methoxy groups -OCH3 is 1. The SMILES string of the molecule is CCNC(=O)c1ccccc1Nc1nc(Nc2ccc(CP(=O)(O)O)cc2OC)ncc1C(F)(F)F. The second-order valence-corrected chi connectivity index (χ2v) is 9.11. The third-order valence-electron chi connectivity index (χ3n) is 4.76. The number of carbonyl (C=O) groups is 1. The first-order valence-electron chi connectivity index (χ1n) is 10.5. The molecule has 14 heteroatoms. The lowest BCUT2D eigenvalue weighted by atomic mass is 10.1. The van der Waals surface area contributed by atoms with Gasteiger partial charge in [-0.2, -0.15) is 18.2 Å². The van der Waals surface area contributed by atoms with E-state index in [9.17, 15) is 32.3 Å². The van der Waals surface area contributed by atoms with Gasteiger partial charge < -0.3 is 30.5 Å². The predicted octanol–water partition coefficient (Wildman–Crippen LogP) is 4.42. The highest BCUT2D eigenvalue weighted by Crippen LogP contribution is 2.41. The molecular weight excluding hydrogens is 502 g/mol. The zero-order valence-electron chi connectivity index (χ0n) is 19.1. The second-order valence-electron chi connectivity index (χ2n) is 7.47. The van der Waals surface area contributed by atoms with E-state index in [4.69, 9.17) is 4.74 Å². The van der Waals surface area contributed by atoms with Crippen molar-refractivity contribution in [1.29, 1.82) is 0 Å². The van der Waals surface area contributed by atoms with Crippen LogP contribution in [0.2, 0.25) is 0 Å². The van der Waals surface area contributed by atoms with Gasteiger partial charge in [-0.3, -0.25) is 9.36 Å². The molecule has 3 aromatic rings. The lowest BCUT2D eigenvalue weighted by Crippen LogP contribution is -2.23. The summed E-state index contributed by atoms with van der Waals surface area (Å²) in [6, 6.07) is 10.3. The van der Waals surface area contributed by atoms with E-state index in [-0.39, 0.29) is 28.6 Å². The molecule has 0 radical (unpaired) electrons. The quantitative estimate of drug-likeness (QED) is 0.256. The minimum absolute atomic E-state index is 0.109. The van der Waals surface area contributed by atoms with Gasteiger partial charge in [0.1, 0.15) is 17.1 Å². The molecular formula is C22H23F3N5O5P. The molecule has 0 atom stereocenters. The molecule has 3 rings (SSSR count). The predicted molar refractivity (Wildman–Crippen MR) is 127 cm³/mol. The van der Waals surface area contributed by atoms with Crippen LogP contribution in [0.4, 0.5) is 36.3 Å². The van der Waals surface area contributed by atoms with E-state index < -0.39 is 37.2 Å². The molecule has 1 heterocycles. The summed E-state index contributed by atoms with van der Waals surface area (Å²) in [5, 5.41) is 7.93. The Morgan fingerprint density at radius 1 is 1.11 bits per heavy atom. The molecule has 0 unspecified atom stereocenters. The molecule has 192 valence electrons. The fraction of sp³-hybridized carbons (Fsp3) is 0.227. The molecule has 36 heavy (non-hydrogen) atoms. The zero-order chi connectivity index (χ0) is 26.5. The topological polar surface area (TPSA) is 146 Å². The van der Waals surface area contributed by atoms with Crippen molar-refractivity contribution in [3.8, 4) is 5.75 Å². The second kappa shape index (κ2) is 10.9. The Balaban J connectivity index is 1.98. The molecule has 1 aromatic heterocycles. The molecule has 2 aromatic carbocycles. The summed E-state index contributed by atoms with van der Waals surface area (Å²) in [4.78, 5) is 38.4. The van der Waals surface area contributed by atoms with Crippen molar-refractivity contribution in [2.75, 3.05) is 24.3 Å². The van der Waals surface area contributed by atoms with Gasteiger partial charge >= 0.3 is 13.8 Å². The van der Waals surface area contributed by atoms with Crippen molar-refractivity contribution >= 4 is 36.6 Å². The summed E-state index contributed by atoms with van der Waals surface area (Å²) in [6.45, 7) is 2.04. The van der Waals surface area contributed by atoms with Gasteiger partial charge in [-0.1, -0.05) is 18.2 Å². The monoisotopic (exact) mass is 525 g/mol. The van der Waals surface area contributed by atoms with E-state index in [2.05, 4.69) is 25.9 Å². The van der Waals surface area contributed by atoms with Crippen LogP contribution in [0.3, 0.4) is 0 Å². The lowest BCUT2D eigenvalue weighted by Gasteiger charge is -2.17. The van der Waals surface area contributed by atoms with Gasteiger partial charge in [0, 0.05) is 12.7 Å². The number of amides is 1.